The van der Waals surface area contributed by atoms with Gasteiger partial charge in [0.1, 0.15) is 0 Å². The monoisotopic (exact) mass is 272 g/mol. The van der Waals surface area contributed by atoms with Crippen molar-refractivity contribution in [3.05, 3.63) is 33.8 Å². The van der Waals surface area contributed by atoms with E-state index in [9.17, 15) is 4.79 Å². The van der Waals surface area contributed by atoms with Crippen LogP contribution in [0.2, 0.25) is 0 Å². The van der Waals surface area contributed by atoms with E-state index in [1.54, 1.807) is 0 Å². The number of carbonyl (C=O) groups is 1. The van der Waals surface area contributed by atoms with Gasteiger partial charge in [-0.25, -0.2) is 4.79 Å². The highest BCUT2D eigenvalue weighted by molar-refractivity contribution is 9.10. The van der Waals surface area contributed by atoms with E-state index in [1.807, 2.05) is 25.1 Å². The van der Waals surface area contributed by atoms with Crippen LogP contribution in [-0.2, 0) is 16.0 Å². The quantitative estimate of drug-likeness (QED) is 0.916. The third kappa shape index (κ3) is 3.32. The van der Waals surface area contributed by atoms with Crippen LogP contribution in [0.15, 0.2) is 22.7 Å². The van der Waals surface area contributed by atoms with Crippen molar-refractivity contribution in [1.82, 2.24) is 0 Å². The molecule has 3 nitrogen and oxygen atoms in total. The summed E-state index contributed by atoms with van der Waals surface area (Å²) in [6.07, 6.45) is -0.379. The average Bonchev–Trinajstić information content (AvgIpc) is 2.16. The first kappa shape index (κ1) is 12.2. The van der Waals surface area contributed by atoms with E-state index >= 15 is 0 Å². The van der Waals surface area contributed by atoms with E-state index in [-0.39, 0.29) is 0 Å². The van der Waals surface area contributed by atoms with Gasteiger partial charge in [0.05, 0.1) is 0 Å². The summed E-state index contributed by atoms with van der Waals surface area (Å²) in [4.78, 5) is 10.8. The molecule has 0 aliphatic heterocycles. The predicted octanol–water partition coefficient (Wildman–Crippen LogP) is 2.40. The molecule has 0 aliphatic carbocycles. The van der Waals surface area contributed by atoms with E-state index in [2.05, 4.69) is 15.9 Å². The Morgan fingerprint density at radius 3 is 2.73 bits per heavy atom. The number of aryl methyl sites for hydroxylation is 1. The van der Waals surface area contributed by atoms with Crippen molar-refractivity contribution >= 4 is 21.9 Å². The number of hydrogen-bond donors (Lipinski definition) is 1. The fraction of sp³-hybridized carbons (Fsp3) is 0.364. The first-order valence-corrected chi connectivity index (χ1v) is 5.34. The Labute approximate surface area is 97.2 Å². The topological polar surface area (TPSA) is 46.5 Å². The number of ether oxygens (including phenoxy) is 1. The number of halogens is 1. The Kier molecular flexibility index (Phi) is 4.29. The minimum Gasteiger partial charge on any atom is -0.479 e. The molecule has 0 fully saturated rings. The molecule has 0 spiro atoms. The number of carboxylic acids is 1. The third-order valence-corrected chi connectivity index (χ3v) is 2.76. The van der Waals surface area contributed by atoms with Gasteiger partial charge in [0.15, 0.2) is 6.10 Å². The SMILES string of the molecule is COC(Cc1ccc(Br)cc1C)C(=O)O. The summed E-state index contributed by atoms with van der Waals surface area (Å²) in [7, 11) is 1.41. The molecule has 1 N–H and O–H groups in total. The third-order valence-electron chi connectivity index (χ3n) is 2.27. The number of methoxy groups -OCH3 is 1. The molecule has 0 aromatic heterocycles. The standard InChI is InChI=1S/C11H13BrO3/c1-7-5-9(12)4-3-8(7)6-10(15-2)11(13)14/h3-5,10H,6H2,1-2H3,(H,13,14). The van der Waals surface area contributed by atoms with Gasteiger partial charge in [-0.05, 0) is 30.2 Å². The molecule has 1 atom stereocenters. The average molecular weight is 273 g/mol. The van der Waals surface area contributed by atoms with Gasteiger partial charge in [-0.1, -0.05) is 22.0 Å². The van der Waals surface area contributed by atoms with E-state index in [0.717, 1.165) is 15.6 Å². The summed E-state index contributed by atoms with van der Waals surface area (Å²) < 4.78 is 5.88. The molecule has 0 amide bonds. The lowest BCUT2D eigenvalue weighted by Crippen LogP contribution is -2.25. The maximum absolute atomic E-state index is 10.8. The molecule has 1 unspecified atom stereocenters. The zero-order valence-electron chi connectivity index (χ0n) is 8.66. The van der Waals surface area contributed by atoms with Crippen LogP contribution in [-0.4, -0.2) is 24.3 Å². The summed E-state index contributed by atoms with van der Waals surface area (Å²) >= 11 is 3.36. The molecular formula is C11H13BrO3. The molecule has 1 rings (SSSR count). The summed E-state index contributed by atoms with van der Waals surface area (Å²) in [5.74, 6) is -0.931. The number of hydrogen-bond acceptors (Lipinski definition) is 2. The Bertz CT molecular complexity index is 363. The number of benzene rings is 1. The lowest BCUT2D eigenvalue weighted by molar-refractivity contribution is -0.148. The van der Waals surface area contributed by atoms with Crippen molar-refractivity contribution in [2.75, 3.05) is 7.11 Å². The Morgan fingerprint density at radius 2 is 2.27 bits per heavy atom. The molecule has 0 saturated carbocycles. The summed E-state index contributed by atoms with van der Waals surface area (Å²) in [6.45, 7) is 1.95. The number of carboxylic acid groups (broad SMARTS) is 1. The molecule has 0 heterocycles. The molecule has 0 bridgehead atoms. The fourth-order valence-electron chi connectivity index (χ4n) is 1.36. The van der Waals surface area contributed by atoms with Gasteiger partial charge in [0.2, 0.25) is 0 Å². The first-order valence-electron chi connectivity index (χ1n) is 4.55. The summed E-state index contributed by atoms with van der Waals surface area (Å²) in [6, 6.07) is 5.77. The van der Waals surface area contributed by atoms with E-state index < -0.39 is 12.1 Å². The summed E-state index contributed by atoms with van der Waals surface area (Å²) in [5, 5.41) is 8.85. The molecular weight excluding hydrogens is 260 g/mol. The Hall–Kier alpha value is -0.870. The Morgan fingerprint density at radius 1 is 1.60 bits per heavy atom. The van der Waals surface area contributed by atoms with Crippen LogP contribution in [0.5, 0.6) is 0 Å². The van der Waals surface area contributed by atoms with Crippen LogP contribution in [0.3, 0.4) is 0 Å². The maximum Gasteiger partial charge on any atom is 0.333 e. The van der Waals surface area contributed by atoms with E-state index in [4.69, 9.17) is 9.84 Å². The lowest BCUT2D eigenvalue weighted by atomic mass is 10.0. The van der Waals surface area contributed by atoms with Crippen LogP contribution in [0.4, 0.5) is 0 Å². The highest BCUT2D eigenvalue weighted by atomic mass is 79.9. The van der Waals surface area contributed by atoms with Crippen LogP contribution in [0.1, 0.15) is 11.1 Å². The zero-order valence-corrected chi connectivity index (χ0v) is 10.2. The minimum atomic E-state index is -0.931. The van der Waals surface area contributed by atoms with Gasteiger partial charge < -0.3 is 9.84 Å². The molecule has 0 radical (unpaired) electrons. The van der Waals surface area contributed by atoms with Crippen LogP contribution < -0.4 is 0 Å². The van der Waals surface area contributed by atoms with Crippen LogP contribution >= 0.6 is 15.9 Å². The second-order valence-electron chi connectivity index (χ2n) is 3.34. The highest BCUT2D eigenvalue weighted by Crippen LogP contribution is 2.17. The Balaban J connectivity index is 2.84. The van der Waals surface area contributed by atoms with Gasteiger partial charge in [-0.3, -0.25) is 0 Å². The van der Waals surface area contributed by atoms with Crippen molar-refractivity contribution in [3.63, 3.8) is 0 Å². The van der Waals surface area contributed by atoms with Gasteiger partial charge in [-0.2, -0.15) is 0 Å². The van der Waals surface area contributed by atoms with E-state index in [1.165, 1.54) is 7.11 Å². The van der Waals surface area contributed by atoms with E-state index in [0.29, 0.717) is 6.42 Å². The molecule has 0 saturated heterocycles. The van der Waals surface area contributed by atoms with Gasteiger partial charge >= 0.3 is 5.97 Å². The normalized spacial score (nSPS) is 12.5. The van der Waals surface area contributed by atoms with Crippen molar-refractivity contribution < 1.29 is 14.6 Å². The van der Waals surface area contributed by atoms with Crippen molar-refractivity contribution in [1.29, 1.82) is 0 Å². The second kappa shape index (κ2) is 5.28. The number of rotatable bonds is 4. The van der Waals surface area contributed by atoms with Crippen molar-refractivity contribution in [2.24, 2.45) is 0 Å². The van der Waals surface area contributed by atoms with Crippen molar-refractivity contribution in [3.8, 4) is 0 Å². The largest absolute Gasteiger partial charge is 0.479 e. The maximum atomic E-state index is 10.8. The minimum absolute atomic E-state index is 0.394. The zero-order chi connectivity index (χ0) is 11.4. The molecule has 82 valence electrons. The van der Waals surface area contributed by atoms with Gasteiger partial charge in [0.25, 0.3) is 0 Å². The molecule has 0 aliphatic rings. The van der Waals surface area contributed by atoms with Gasteiger partial charge in [0, 0.05) is 18.0 Å². The first-order chi connectivity index (χ1) is 7.04. The second-order valence-corrected chi connectivity index (χ2v) is 4.25. The smallest absolute Gasteiger partial charge is 0.333 e. The molecule has 15 heavy (non-hydrogen) atoms. The number of aliphatic carboxylic acids is 1. The molecule has 1 aromatic rings. The molecule has 1 aromatic carbocycles. The highest BCUT2D eigenvalue weighted by Gasteiger charge is 2.17. The van der Waals surface area contributed by atoms with Crippen LogP contribution in [0, 0.1) is 6.92 Å². The fourth-order valence-corrected chi connectivity index (χ4v) is 1.84. The summed E-state index contributed by atoms with van der Waals surface area (Å²) in [5.41, 5.74) is 2.06. The van der Waals surface area contributed by atoms with Gasteiger partial charge in [-0.15, -0.1) is 0 Å². The lowest BCUT2D eigenvalue weighted by Gasteiger charge is -2.12. The van der Waals surface area contributed by atoms with Crippen LogP contribution in [0.25, 0.3) is 0 Å². The molecule has 4 heteroatoms. The van der Waals surface area contributed by atoms with Crippen molar-refractivity contribution in [2.45, 2.75) is 19.4 Å². The predicted molar refractivity (Wildman–Crippen MR) is 61.0 cm³/mol.